The van der Waals surface area contributed by atoms with Gasteiger partial charge in [0.2, 0.25) is 11.7 Å². The molecule has 0 radical (unpaired) electrons. The van der Waals surface area contributed by atoms with Crippen molar-refractivity contribution in [2.45, 2.75) is 25.3 Å². The fourth-order valence-electron chi connectivity index (χ4n) is 4.22. The molecular formula is C22H24FN5O5. The summed E-state index contributed by atoms with van der Waals surface area (Å²) in [4.78, 5) is 57.7. The summed E-state index contributed by atoms with van der Waals surface area (Å²) in [6, 6.07) is 2.72. The van der Waals surface area contributed by atoms with E-state index in [0.29, 0.717) is 19.0 Å². The van der Waals surface area contributed by atoms with Gasteiger partial charge in [0, 0.05) is 68.7 Å². The number of anilines is 1. The van der Waals surface area contributed by atoms with Crippen molar-refractivity contribution in [2.24, 2.45) is 18.9 Å². The first-order chi connectivity index (χ1) is 15.8. The molecule has 3 atom stereocenters. The van der Waals surface area contributed by atoms with Crippen molar-refractivity contribution in [1.29, 1.82) is 0 Å². The number of carbonyl (C=O) groups excluding carboxylic acids is 3. The van der Waals surface area contributed by atoms with Crippen LogP contribution in [0.1, 0.15) is 19.3 Å². The Labute approximate surface area is 188 Å². The molecule has 3 heterocycles. The van der Waals surface area contributed by atoms with Gasteiger partial charge in [-0.15, -0.1) is 0 Å². The molecule has 0 aromatic carbocycles. The lowest BCUT2D eigenvalue weighted by atomic mass is 10.1. The molecule has 10 nitrogen and oxygen atoms in total. The number of halogens is 1. The monoisotopic (exact) mass is 457 g/mol. The Bertz CT molecular complexity index is 1150. The van der Waals surface area contributed by atoms with E-state index in [4.69, 9.17) is 0 Å². The third-order valence-electron chi connectivity index (χ3n) is 6.21. The molecule has 1 amide bonds. The van der Waals surface area contributed by atoms with Gasteiger partial charge in [0.1, 0.15) is 0 Å². The van der Waals surface area contributed by atoms with Gasteiger partial charge in [-0.3, -0.25) is 28.7 Å². The van der Waals surface area contributed by atoms with Crippen LogP contribution >= 0.6 is 0 Å². The summed E-state index contributed by atoms with van der Waals surface area (Å²) >= 11 is 0. The van der Waals surface area contributed by atoms with E-state index < -0.39 is 23.5 Å². The number of fused-ring (bicyclic) bond motifs is 1. The lowest BCUT2D eigenvalue weighted by Crippen LogP contribution is -2.38. The van der Waals surface area contributed by atoms with Crippen molar-refractivity contribution in [2.75, 3.05) is 25.5 Å². The van der Waals surface area contributed by atoms with Crippen LogP contribution in [0.4, 0.5) is 10.3 Å². The van der Waals surface area contributed by atoms with Gasteiger partial charge in [-0.1, -0.05) is 0 Å². The number of pyridine rings is 1. The Morgan fingerprint density at radius 2 is 1.97 bits per heavy atom. The van der Waals surface area contributed by atoms with E-state index in [-0.39, 0.29) is 54.0 Å². The summed E-state index contributed by atoms with van der Waals surface area (Å²) in [5.41, 5.74) is 0.0590. The minimum absolute atomic E-state index is 0.000821. The molecule has 4 rings (SSSR count). The number of ether oxygens (including phenoxy) is 1. The molecular weight excluding hydrogens is 433 g/mol. The standard InChI is InChI=1S/C22H24FN5O5/c1-27-18(30)8-16(12-6-7-24-9-15(12)23)25-22(27)26-20-13-10-28(11-14(13)20)21(32)17(29)4-3-5-19(31)33-2/h6-9,13-14,20H,3-5,10-11H2,1-2H3,(H,25,26)/t13-,14+,20?. The molecule has 0 spiro atoms. The molecule has 33 heavy (non-hydrogen) atoms. The van der Waals surface area contributed by atoms with Gasteiger partial charge in [-0.2, -0.15) is 0 Å². The fourth-order valence-corrected chi connectivity index (χ4v) is 4.22. The van der Waals surface area contributed by atoms with Gasteiger partial charge in [0.15, 0.2) is 5.82 Å². The summed E-state index contributed by atoms with van der Waals surface area (Å²) in [6.07, 6.45) is 2.87. The quantitative estimate of drug-likeness (QED) is 0.455. The van der Waals surface area contributed by atoms with E-state index in [2.05, 4.69) is 20.0 Å². The molecule has 0 bridgehead atoms. The Balaban J connectivity index is 1.36. The van der Waals surface area contributed by atoms with Crippen LogP contribution in [0.15, 0.2) is 29.3 Å². The van der Waals surface area contributed by atoms with E-state index in [9.17, 15) is 23.6 Å². The number of carbonyl (C=O) groups is 3. The zero-order valence-corrected chi connectivity index (χ0v) is 18.3. The van der Waals surface area contributed by atoms with Gasteiger partial charge in [-0.25, -0.2) is 9.37 Å². The zero-order valence-electron chi connectivity index (χ0n) is 18.3. The maximum Gasteiger partial charge on any atom is 0.305 e. The van der Waals surface area contributed by atoms with Gasteiger partial charge >= 0.3 is 5.97 Å². The molecule has 1 aliphatic heterocycles. The number of methoxy groups -OCH3 is 1. The molecule has 2 fully saturated rings. The summed E-state index contributed by atoms with van der Waals surface area (Å²) in [5.74, 6) is -1.45. The minimum Gasteiger partial charge on any atom is -0.469 e. The van der Waals surface area contributed by atoms with Crippen LogP contribution in [0, 0.1) is 17.7 Å². The molecule has 2 aliphatic rings. The van der Waals surface area contributed by atoms with Crippen LogP contribution in [-0.4, -0.2) is 63.3 Å². The number of Topliss-reactive ketones (excluding diaryl/α,β-unsaturated/α-hetero) is 1. The molecule has 1 saturated carbocycles. The second-order valence-corrected chi connectivity index (χ2v) is 8.28. The SMILES string of the molecule is COC(=O)CCCC(=O)C(=O)N1C[C@@H]2C(Nc3nc(-c4ccncc4F)cc(=O)n3C)[C@@H]2C1. The summed E-state index contributed by atoms with van der Waals surface area (Å²) < 4.78 is 20.0. The normalized spacial score (nSPS) is 20.8. The minimum atomic E-state index is -0.571. The van der Waals surface area contributed by atoms with Gasteiger partial charge in [0.05, 0.1) is 19.0 Å². The van der Waals surface area contributed by atoms with Crippen LogP contribution in [0.25, 0.3) is 11.3 Å². The average molecular weight is 457 g/mol. The molecule has 1 unspecified atom stereocenters. The molecule has 2 aromatic heterocycles. The predicted molar refractivity (Wildman–Crippen MR) is 115 cm³/mol. The second-order valence-electron chi connectivity index (χ2n) is 8.28. The highest BCUT2D eigenvalue weighted by molar-refractivity contribution is 6.36. The van der Waals surface area contributed by atoms with Crippen LogP contribution < -0.4 is 10.9 Å². The third-order valence-corrected chi connectivity index (χ3v) is 6.21. The summed E-state index contributed by atoms with van der Waals surface area (Å²) in [5, 5.41) is 3.24. The van der Waals surface area contributed by atoms with Crippen molar-refractivity contribution in [1.82, 2.24) is 19.4 Å². The van der Waals surface area contributed by atoms with Crippen molar-refractivity contribution in [3.63, 3.8) is 0 Å². The number of ketones is 1. The summed E-state index contributed by atoms with van der Waals surface area (Å²) in [7, 11) is 2.85. The zero-order chi connectivity index (χ0) is 23.7. The van der Waals surface area contributed by atoms with Crippen LogP contribution in [0.3, 0.4) is 0 Å². The molecule has 1 N–H and O–H groups in total. The number of hydrogen-bond donors (Lipinski definition) is 1. The lowest BCUT2D eigenvalue weighted by Gasteiger charge is -2.20. The number of nitrogens with one attached hydrogen (secondary N) is 1. The Hall–Kier alpha value is -3.63. The van der Waals surface area contributed by atoms with Crippen molar-refractivity contribution in [3.05, 3.63) is 40.7 Å². The second kappa shape index (κ2) is 9.08. The molecule has 1 aliphatic carbocycles. The Morgan fingerprint density at radius 1 is 1.24 bits per heavy atom. The highest BCUT2D eigenvalue weighted by atomic mass is 19.1. The Morgan fingerprint density at radius 3 is 2.64 bits per heavy atom. The first-order valence-corrected chi connectivity index (χ1v) is 10.6. The number of likely N-dealkylation sites (tertiary alicyclic amines) is 1. The van der Waals surface area contributed by atoms with Gasteiger partial charge in [0.25, 0.3) is 11.5 Å². The largest absolute Gasteiger partial charge is 0.469 e. The topological polar surface area (TPSA) is 123 Å². The predicted octanol–water partition coefficient (Wildman–Crippen LogP) is 0.762. The fraction of sp³-hybridized carbons (Fsp3) is 0.455. The lowest BCUT2D eigenvalue weighted by molar-refractivity contribution is -0.145. The number of aromatic nitrogens is 3. The highest BCUT2D eigenvalue weighted by Gasteiger charge is 2.57. The maximum atomic E-state index is 14.1. The number of piperidine rings is 1. The van der Waals surface area contributed by atoms with Crippen LogP contribution in [0.2, 0.25) is 0 Å². The van der Waals surface area contributed by atoms with Gasteiger partial charge in [-0.05, 0) is 12.5 Å². The smallest absolute Gasteiger partial charge is 0.305 e. The highest BCUT2D eigenvalue weighted by Crippen LogP contribution is 2.47. The van der Waals surface area contributed by atoms with E-state index in [1.54, 1.807) is 7.05 Å². The Kier molecular flexibility index (Phi) is 6.21. The molecule has 2 aromatic rings. The van der Waals surface area contributed by atoms with Crippen molar-refractivity contribution in [3.8, 4) is 11.3 Å². The molecule has 1 saturated heterocycles. The van der Waals surface area contributed by atoms with E-state index >= 15 is 0 Å². The molecule has 11 heteroatoms. The molecule has 174 valence electrons. The number of hydrogen-bond acceptors (Lipinski definition) is 8. The van der Waals surface area contributed by atoms with Crippen molar-refractivity contribution >= 4 is 23.6 Å². The van der Waals surface area contributed by atoms with Crippen molar-refractivity contribution < 1.29 is 23.5 Å². The average Bonchev–Trinajstić information content (AvgIpc) is 3.23. The number of rotatable bonds is 8. The van der Waals surface area contributed by atoms with Crippen LogP contribution in [-0.2, 0) is 26.2 Å². The third kappa shape index (κ3) is 4.62. The first kappa shape index (κ1) is 22.6. The number of amides is 1. The van der Waals surface area contributed by atoms with E-state index in [0.717, 1.165) is 6.20 Å². The van der Waals surface area contributed by atoms with Gasteiger partial charge < -0.3 is 15.0 Å². The van der Waals surface area contributed by atoms with Crippen LogP contribution in [0.5, 0.6) is 0 Å². The maximum absolute atomic E-state index is 14.1. The van der Waals surface area contributed by atoms with E-state index in [1.165, 1.54) is 34.9 Å². The van der Waals surface area contributed by atoms with E-state index in [1.807, 2.05) is 0 Å². The first-order valence-electron chi connectivity index (χ1n) is 10.6. The number of esters is 1. The number of nitrogens with zero attached hydrogens (tertiary/aromatic N) is 4. The summed E-state index contributed by atoms with van der Waals surface area (Å²) in [6.45, 7) is 0.854.